The van der Waals surface area contributed by atoms with E-state index in [4.69, 9.17) is 0 Å². The minimum atomic E-state index is -3.82. The van der Waals surface area contributed by atoms with Gasteiger partial charge in [-0.2, -0.15) is 0 Å². The molecule has 0 saturated carbocycles. The highest BCUT2D eigenvalue weighted by Gasteiger charge is 2.20. The lowest BCUT2D eigenvalue weighted by molar-refractivity contribution is 0.578. The van der Waals surface area contributed by atoms with Crippen LogP contribution in [0.25, 0.3) is 0 Å². The second-order valence-corrected chi connectivity index (χ2v) is 10.5. The van der Waals surface area contributed by atoms with Crippen molar-refractivity contribution in [3.05, 3.63) is 53.0 Å². The molecule has 0 spiro atoms. The van der Waals surface area contributed by atoms with E-state index in [2.05, 4.69) is 20.7 Å². The second kappa shape index (κ2) is 8.51. The molecule has 1 N–H and O–H groups in total. The van der Waals surface area contributed by atoms with Crippen LogP contribution in [0.1, 0.15) is 6.42 Å². The molecule has 0 aliphatic rings. The molecule has 0 aromatic heterocycles. The number of nitrogens with one attached hydrogen (secondary N) is 1. The molecular formula is C17H21BrN2O4S2. The summed E-state index contributed by atoms with van der Waals surface area (Å²) in [5.74, 6) is 0. The van der Waals surface area contributed by atoms with E-state index >= 15 is 0 Å². The number of sulfonamides is 1. The zero-order chi connectivity index (χ0) is 19.4. The molecule has 2 aromatic carbocycles. The van der Waals surface area contributed by atoms with Crippen molar-refractivity contribution in [2.75, 3.05) is 31.3 Å². The van der Waals surface area contributed by atoms with Crippen molar-refractivity contribution in [1.82, 2.24) is 4.72 Å². The standard InChI is InChI=1S/C17H21BrN2O4S2/c1-20(14-7-4-3-5-8-14)12-6-11-19-26(23,24)17-13-15(25(2,21)22)9-10-16(17)18/h3-5,7-10,13,19H,6,11-12H2,1-2H3. The minimum absolute atomic E-state index is 0.0371. The first-order chi connectivity index (χ1) is 12.1. The van der Waals surface area contributed by atoms with E-state index in [0.29, 0.717) is 17.4 Å². The smallest absolute Gasteiger partial charge is 0.241 e. The molecule has 0 unspecified atom stereocenters. The molecule has 0 atom stereocenters. The van der Waals surface area contributed by atoms with Crippen molar-refractivity contribution in [2.24, 2.45) is 0 Å². The van der Waals surface area contributed by atoms with Gasteiger partial charge in [0.2, 0.25) is 10.0 Å². The van der Waals surface area contributed by atoms with Gasteiger partial charge in [-0.3, -0.25) is 0 Å². The van der Waals surface area contributed by atoms with Crippen molar-refractivity contribution in [2.45, 2.75) is 16.2 Å². The molecule has 0 radical (unpaired) electrons. The van der Waals surface area contributed by atoms with Gasteiger partial charge in [0.15, 0.2) is 9.84 Å². The summed E-state index contributed by atoms with van der Waals surface area (Å²) in [5, 5.41) is 0. The fraction of sp³-hybridized carbons (Fsp3) is 0.294. The molecule has 0 saturated heterocycles. The number of anilines is 1. The van der Waals surface area contributed by atoms with Crippen molar-refractivity contribution < 1.29 is 16.8 Å². The molecule has 0 aliphatic heterocycles. The topological polar surface area (TPSA) is 83.6 Å². The van der Waals surface area contributed by atoms with Crippen LogP contribution in [0, 0.1) is 0 Å². The zero-order valence-electron chi connectivity index (χ0n) is 14.5. The number of rotatable bonds is 8. The molecule has 0 heterocycles. The van der Waals surface area contributed by atoms with Gasteiger partial charge >= 0.3 is 0 Å². The van der Waals surface area contributed by atoms with Crippen LogP contribution >= 0.6 is 15.9 Å². The Hall–Kier alpha value is -1.42. The lowest BCUT2D eigenvalue weighted by Gasteiger charge is -2.19. The average Bonchev–Trinajstić information content (AvgIpc) is 2.58. The Bertz CT molecular complexity index is 962. The van der Waals surface area contributed by atoms with E-state index in [1.54, 1.807) is 0 Å². The van der Waals surface area contributed by atoms with Gasteiger partial charge in [-0.25, -0.2) is 21.6 Å². The number of sulfone groups is 1. The summed E-state index contributed by atoms with van der Waals surface area (Å²) in [6.45, 7) is 0.923. The van der Waals surface area contributed by atoms with E-state index in [1.165, 1.54) is 12.1 Å². The lowest BCUT2D eigenvalue weighted by Crippen LogP contribution is -2.28. The quantitative estimate of drug-likeness (QED) is 0.612. The largest absolute Gasteiger partial charge is 0.375 e. The molecular weight excluding hydrogens is 440 g/mol. The van der Waals surface area contributed by atoms with Crippen LogP contribution in [0.15, 0.2) is 62.8 Å². The van der Waals surface area contributed by atoms with Crippen molar-refractivity contribution in [3.63, 3.8) is 0 Å². The second-order valence-electron chi connectivity index (χ2n) is 5.87. The SMILES string of the molecule is CN(CCCNS(=O)(=O)c1cc(S(C)(=O)=O)ccc1Br)c1ccccc1. The van der Waals surface area contributed by atoms with E-state index in [1.807, 2.05) is 42.3 Å². The van der Waals surface area contributed by atoms with Crippen molar-refractivity contribution >= 4 is 41.5 Å². The lowest BCUT2D eigenvalue weighted by atomic mass is 10.3. The summed E-state index contributed by atoms with van der Waals surface area (Å²) >= 11 is 3.17. The van der Waals surface area contributed by atoms with Crippen molar-refractivity contribution in [1.29, 1.82) is 0 Å². The average molecular weight is 461 g/mol. The first-order valence-electron chi connectivity index (χ1n) is 7.87. The van der Waals surface area contributed by atoms with Gasteiger partial charge in [-0.05, 0) is 52.7 Å². The Kier molecular flexibility index (Phi) is 6.84. The Morgan fingerprint density at radius 3 is 2.31 bits per heavy atom. The van der Waals surface area contributed by atoms with Crippen LogP contribution in [0.2, 0.25) is 0 Å². The summed E-state index contributed by atoms with van der Waals surface area (Å²) in [7, 11) is -5.36. The molecule has 0 bridgehead atoms. The van der Waals surface area contributed by atoms with E-state index < -0.39 is 19.9 Å². The molecule has 142 valence electrons. The molecule has 2 aromatic rings. The van der Waals surface area contributed by atoms with Crippen LogP contribution in [0.5, 0.6) is 0 Å². The number of halogens is 1. The van der Waals surface area contributed by atoms with Gasteiger partial charge in [0, 0.05) is 36.6 Å². The molecule has 0 fully saturated rings. The molecule has 6 nitrogen and oxygen atoms in total. The van der Waals surface area contributed by atoms with Gasteiger partial charge in [0.25, 0.3) is 0 Å². The van der Waals surface area contributed by atoms with E-state index in [-0.39, 0.29) is 16.3 Å². The zero-order valence-corrected chi connectivity index (χ0v) is 17.7. The maximum atomic E-state index is 12.5. The molecule has 9 heteroatoms. The normalized spacial score (nSPS) is 12.1. The van der Waals surface area contributed by atoms with Gasteiger partial charge in [0.1, 0.15) is 0 Å². The number of nitrogens with zero attached hydrogens (tertiary/aromatic N) is 1. The Balaban J connectivity index is 2.01. The first-order valence-corrected chi connectivity index (χ1v) is 12.0. The Morgan fingerprint density at radius 2 is 1.69 bits per heavy atom. The third-order valence-electron chi connectivity index (χ3n) is 3.78. The third kappa shape index (κ3) is 5.54. The highest BCUT2D eigenvalue weighted by molar-refractivity contribution is 9.10. The van der Waals surface area contributed by atoms with Crippen LogP contribution in [-0.4, -0.2) is 43.2 Å². The molecule has 26 heavy (non-hydrogen) atoms. The fourth-order valence-corrected chi connectivity index (χ4v) is 5.12. The summed E-state index contributed by atoms with van der Waals surface area (Å²) in [5.41, 5.74) is 1.05. The first kappa shape index (κ1) is 20.9. The minimum Gasteiger partial charge on any atom is -0.375 e. The third-order valence-corrected chi connectivity index (χ3v) is 7.34. The predicted octanol–water partition coefficient (Wildman–Crippen LogP) is 2.66. The van der Waals surface area contributed by atoms with Crippen molar-refractivity contribution in [3.8, 4) is 0 Å². The highest BCUT2D eigenvalue weighted by atomic mass is 79.9. The van der Waals surface area contributed by atoms with Gasteiger partial charge in [-0.15, -0.1) is 0 Å². The monoisotopic (exact) mass is 460 g/mol. The number of para-hydroxylation sites is 1. The van der Waals surface area contributed by atoms with Crippen LogP contribution < -0.4 is 9.62 Å². The summed E-state index contributed by atoms with van der Waals surface area (Å²) < 4.78 is 51.2. The Morgan fingerprint density at radius 1 is 1.04 bits per heavy atom. The van der Waals surface area contributed by atoms with Crippen LogP contribution in [0.3, 0.4) is 0 Å². The Labute approximate surface area is 163 Å². The molecule has 2 rings (SSSR count). The van der Waals surface area contributed by atoms with E-state index in [0.717, 1.165) is 18.0 Å². The van der Waals surface area contributed by atoms with Crippen LogP contribution in [-0.2, 0) is 19.9 Å². The molecule has 0 aliphatic carbocycles. The fourth-order valence-electron chi connectivity index (χ4n) is 2.33. The van der Waals surface area contributed by atoms with Gasteiger partial charge < -0.3 is 4.90 Å². The maximum Gasteiger partial charge on any atom is 0.241 e. The predicted molar refractivity (Wildman–Crippen MR) is 107 cm³/mol. The number of benzene rings is 2. The summed E-state index contributed by atoms with van der Waals surface area (Å²) in [4.78, 5) is 1.91. The van der Waals surface area contributed by atoms with E-state index in [9.17, 15) is 16.8 Å². The summed E-state index contributed by atoms with van der Waals surface area (Å²) in [6.07, 6.45) is 1.65. The van der Waals surface area contributed by atoms with Gasteiger partial charge in [-0.1, -0.05) is 18.2 Å². The number of hydrogen-bond donors (Lipinski definition) is 1. The van der Waals surface area contributed by atoms with Crippen LogP contribution in [0.4, 0.5) is 5.69 Å². The maximum absolute atomic E-state index is 12.5. The van der Waals surface area contributed by atoms with Gasteiger partial charge in [0.05, 0.1) is 9.79 Å². The highest BCUT2D eigenvalue weighted by Crippen LogP contribution is 2.25. The number of hydrogen-bond acceptors (Lipinski definition) is 5. The molecule has 0 amide bonds. The summed E-state index contributed by atoms with van der Waals surface area (Å²) in [6, 6.07) is 13.8.